The molecule has 84 valence electrons. The Bertz CT molecular complexity index is 475. The average Bonchev–Trinajstić information content (AvgIpc) is 2.17. The van der Waals surface area contributed by atoms with Crippen LogP contribution in [0.3, 0.4) is 0 Å². The van der Waals surface area contributed by atoms with Crippen molar-refractivity contribution in [3.8, 4) is 0 Å². The Balaban J connectivity index is 3.42. The molecule has 0 radical (unpaired) electrons. The minimum atomic E-state index is -1.26. The third-order valence-electron chi connectivity index (χ3n) is 1.67. The molecule has 1 aromatic rings. The monoisotopic (exact) mass is 229 g/mol. The van der Waals surface area contributed by atoms with Crippen molar-refractivity contribution in [2.75, 3.05) is 5.32 Å². The zero-order valence-corrected chi connectivity index (χ0v) is 7.55. The van der Waals surface area contributed by atoms with Crippen LogP contribution < -0.4 is 5.32 Å². The zero-order valence-electron chi connectivity index (χ0n) is 7.55. The fraction of sp³-hybridized carbons (Fsp3) is 0. The molecule has 0 atom stereocenters. The lowest BCUT2D eigenvalue weighted by Gasteiger charge is -2.01. The van der Waals surface area contributed by atoms with E-state index in [0.717, 1.165) is 0 Å². The summed E-state index contributed by atoms with van der Waals surface area (Å²) in [5, 5.41) is 22.7. The number of anilines is 1. The smallest absolute Gasteiger partial charge is 0.311 e. The first kappa shape index (κ1) is 11.5. The van der Waals surface area contributed by atoms with E-state index in [0.29, 0.717) is 12.1 Å². The largest absolute Gasteiger partial charge is 0.323 e. The zero-order chi connectivity index (χ0) is 12.3. The van der Waals surface area contributed by atoms with Gasteiger partial charge in [0.2, 0.25) is 12.2 Å². The molecule has 0 aliphatic rings. The summed E-state index contributed by atoms with van der Waals surface area (Å²) in [6, 6.07) is 0.964. The van der Waals surface area contributed by atoms with Crippen LogP contribution >= 0.6 is 0 Å². The SMILES string of the molecule is O=CNc1cc(F)c([N+](=O)[O-])cc1[N+](=O)[O-]. The van der Waals surface area contributed by atoms with Gasteiger partial charge in [-0.3, -0.25) is 25.0 Å². The summed E-state index contributed by atoms with van der Waals surface area (Å²) >= 11 is 0. The molecule has 0 aliphatic heterocycles. The van der Waals surface area contributed by atoms with Crippen molar-refractivity contribution in [2.45, 2.75) is 0 Å². The Labute approximate surface area is 87.0 Å². The van der Waals surface area contributed by atoms with Crippen molar-refractivity contribution in [3.63, 3.8) is 0 Å². The second-order valence-corrected chi connectivity index (χ2v) is 2.60. The predicted molar refractivity (Wildman–Crippen MR) is 49.4 cm³/mol. The average molecular weight is 229 g/mol. The molecular weight excluding hydrogens is 225 g/mol. The van der Waals surface area contributed by atoms with Crippen LogP contribution in [0.4, 0.5) is 21.5 Å². The number of carbonyl (C=O) groups excluding carboxylic acids is 1. The highest BCUT2D eigenvalue weighted by atomic mass is 19.1. The van der Waals surface area contributed by atoms with E-state index >= 15 is 0 Å². The van der Waals surface area contributed by atoms with Crippen LogP contribution in [0, 0.1) is 26.0 Å². The predicted octanol–water partition coefficient (Wildman–Crippen LogP) is 1.21. The van der Waals surface area contributed by atoms with Crippen LogP contribution in [-0.2, 0) is 4.79 Å². The maximum absolute atomic E-state index is 13.0. The Morgan fingerprint density at radius 3 is 2.19 bits per heavy atom. The Morgan fingerprint density at radius 1 is 1.19 bits per heavy atom. The molecule has 8 nitrogen and oxygen atoms in total. The second-order valence-electron chi connectivity index (χ2n) is 2.60. The van der Waals surface area contributed by atoms with Gasteiger partial charge in [0.15, 0.2) is 0 Å². The van der Waals surface area contributed by atoms with E-state index in [-0.39, 0.29) is 6.41 Å². The molecule has 0 saturated heterocycles. The van der Waals surface area contributed by atoms with Gasteiger partial charge in [0.25, 0.3) is 5.69 Å². The number of rotatable bonds is 4. The van der Waals surface area contributed by atoms with E-state index in [1.807, 2.05) is 5.32 Å². The molecule has 1 amide bonds. The van der Waals surface area contributed by atoms with Gasteiger partial charge in [-0.2, -0.15) is 4.39 Å². The van der Waals surface area contributed by atoms with Crippen LogP contribution in [0.5, 0.6) is 0 Å². The van der Waals surface area contributed by atoms with E-state index in [9.17, 15) is 29.4 Å². The Kier molecular flexibility index (Phi) is 3.09. The molecule has 9 heteroatoms. The van der Waals surface area contributed by atoms with Gasteiger partial charge >= 0.3 is 5.69 Å². The highest BCUT2D eigenvalue weighted by Gasteiger charge is 2.24. The maximum Gasteiger partial charge on any atom is 0.311 e. The molecule has 16 heavy (non-hydrogen) atoms. The number of amides is 1. The third kappa shape index (κ3) is 2.08. The summed E-state index contributed by atoms with van der Waals surface area (Å²) in [6.45, 7) is 0. The normalized spacial score (nSPS) is 9.56. The lowest BCUT2D eigenvalue weighted by atomic mass is 10.2. The maximum atomic E-state index is 13.0. The first-order valence-electron chi connectivity index (χ1n) is 3.80. The van der Waals surface area contributed by atoms with Crippen LogP contribution in [-0.4, -0.2) is 16.3 Å². The molecule has 0 aliphatic carbocycles. The molecule has 0 spiro atoms. The number of hydrogen-bond donors (Lipinski definition) is 1. The topological polar surface area (TPSA) is 115 Å². The lowest BCUT2D eigenvalue weighted by molar-refractivity contribution is -0.395. The number of hydrogen-bond acceptors (Lipinski definition) is 5. The highest BCUT2D eigenvalue weighted by molar-refractivity contribution is 5.78. The molecule has 1 N–H and O–H groups in total. The fourth-order valence-corrected chi connectivity index (χ4v) is 1.02. The summed E-state index contributed by atoms with van der Waals surface area (Å²) in [5.74, 6) is -1.26. The molecule has 1 rings (SSSR count). The van der Waals surface area contributed by atoms with Gasteiger partial charge in [-0.15, -0.1) is 0 Å². The molecule has 0 unspecified atom stereocenters. The fourth-order valence-electron chi connectivity index (χ4n) is 1.02. The van der Waals surface area contributed by atoms with Crippen LogP contribution in [0.25, 0.3) is 0 Å². The van der Waals surface area contributed by atoms with E-state index in [1.165, 1.54) is 0 Å². The van der Waals surface area contributed by atoms with Crippen molar-refractivity contribution in [2.24, 2.45) is 0 Å². The van der Waals surface area contributed by atoms with E-state index in [4.69, 9.17) is 0 Å². The summed E-state index contributed by atoms with van der Waals surface area (Å²) in [4.78, 5) is 28.8. The van der Waals surface area contributed by atoms with Crippen LogP contribution in [0.15, 0.2) is 12.1 Å². The summed E-state index contributed by atoms with van der Waals surface area (Å²) < 4.78 is 13.0. The minimum Gasteiger partial charge on any atom is -0.323 e. The van der Waals surface area contributed by atoms with Crippen LogP contribution in [0.1, 0.15) is 0 Å². The molecule has 0 bridgehead atoms. The van der Waals surface area contributed by atoms with Crippen molar-refractivity contribution >= 4 is 23.5 Å². The number of nitrogens with zero attached hydrogens (tertiary/aromatic N) is 2. The van der Waals surface area contributed by atoms with Gasteiger partial charge in [0, 0.05) is 6.07 Å². The van der Waals surface area contributed by atoms with E-state index in [2.05, 4.69) is 0 Å². The van der Waals surface area contributed by atoms with Crippen molar-refractivity contribution in [3.05, 3.63) is 38.2 Å². The number of nitrogens with one attached hydrogen (secondary N) is 1. The van der Waals surface area contributed by atoms with Crippen LogP contribution in [0.2, 0.25) is 0 Å². The standard InChI is InChI=1S/C7H4FN3O5/c8-4-1-5(9-3-12)7(11(15)16)2-6(4)10(13)14/h1-3H,(H,9,12). The third-order valence-corrected chi connectivity index (χ3v) is 1.67. The van der Waals surface area contributed by atoms with Crippen molar-refractivity contribution in [1.82, 2.24) is 0 Å². The summed E-state index contributed by atoms with van der Waals surface area (Å²) in [7, 11) is 0. The Morgan fingerprint density at radius 2 is 1.75 bits per heavy atom. The van der Waals surface area contributed by atoms with Gasteiger partial charge in [-0.05, 0) is 0 Å². The molecule has 0 heterocycles. The van der Waals surface area contributed by atoms with Gasteiger partial charge in [0.05, 0.1) is 15.9 Å². The van der Waals surface area contributed by atoms with Gasteiger partial charge in [-0.1, -0.05) is 0 Å². The first-order chi connectivity index (χ1) is 7.47. The summed E-state index contributed by atoms with van der Waals surface area (Å²) in [6.07, 6.45) is 0.105. The molecule has 0 saturated carbocycles. The molecule has 0 fully saturated rings. The van der Waals surface area contributed by atoms with Gasteiger partial charge in [-0.25, -0.2) is 0 Å². The second kappa shape index (κ2) is 4.29. The molecule has 0 aromatic heterocycles. The van der Waals surface area contributed by atoms with E-state index in [1.54, 1.807) is 0 Å². The Hall–Kier alpha value is -2.58. The van der Waals surface area contributed by atoms with E-state index < -0.39 is 32.7 Å². The number of nitro groups is 2. The van der Waals surface area contributed by atoms with Gasteiger partial charge < -0.3 is 5.32 Å². The van der Waals surface area contributed by atoms with Crippen molar-refractivity contribution < 1.29 is 19.0 Å². The first-order valence-corrected chi connectivity index (χ1v) is 3.80. The number of nitro benzene ring substituents is 2. The highest BCUT2D eigenvalue weighted by Crippen LogP contribution is 2.31. The lowest BCUT2D eigenvalue weighted by Crippen LogP contribution is -2.02. The van der Waals surface area contributed by atoms with Crippen molar-refractivity contribution in [1.29, 1.82) is 0 Å². The summed E-state index contributed by atoms with van der Waals surface area (Å²) in [5.41, 5.74) is -2.22. The minimum absolute atomic E-state index is 0.105. The van der Waals surface area contributed by atoms with Gasteiger partial charge in [0.1, 0.15) is 5.69 Å². The number of halogens is 1. The number of carbonyl (C=O) groups is 1. The number of benzene rings is 1. The quantitative estimate of drug-likeness (QED) is 0.473. The molecule has 1 aromatic carbocycles. The molecular formula is C7H4FN3O5.